The van der Waals surface area contributed by atoms with Crippen LogP contribution in [0.2, 0.25) is 0 Å². The van der Waals surface area contributed by atoms with E-state index in [1.807, 2.05) is 24.3 Å². The van der Waals surface area contributed by atoms with Crippen LogP contribution in [0, 0.1) is 0 Å². The lowest BCUT2D eigenvalue weighted by Crippen LogP contribution is -2.34. The fraction of sp³-hybridized carbons (Fsp3) is 0.682. The minimum absolute atomic E-state index is 0.136. The monoisotopic (exact) mass is 375 g/mol. The molecule has 1 saturated heterocycles. The van der Waals surface area contributed by atoms with Gasteiger partial charge in [0.2, 0.25) is 5.91 Å². The van der Waals surface area contributed by atoms with Crippen LogP contribution in [0.5, 0.6) is 5.75 Å². The number of carbonyl (C=O) groups is 1. The average Bonchev–Trinajstić information content (AvgIpc) is 2.72. The Morgan fingerprint density at radius 2 is 1.81 bits per heavy atom. The normalized spacial score (nSPS) is 15.1. The zero-order valence-corrected chi connectivity index (χ0v) is 17.2. The van der Waals surface area contributed by atoms with Crippen LogP contribution in [0.4, 0.5) is 0 Å². The van der Waals surface area contributed by atoms with E-state index < -0.39 is 0 Å². The summed E-state index contributed by atoms with van der Waals surface area (Å²) in [5.41, 5.74) is 1.11. The van der Waals surface area contributed by atoms with E-state index in [2.05, 4.69) is 29.0 Å². The van der Waals surface area contributed by atoms with Crippen molar-refractivity contribution in [3.8, 4) is 5.75 Å². The Bertz CT molecular complexity index is 523. The summed E-state index contributed by atoms with van der Waals surface area (Å²) in [7, 11) is 0. The number of piperidine rings is 1. The number of benzene rings is 1. The average molecular weight is 376 g/mol. The van der Waals surface area contributed by atoms with Crippen molar-refractivity contribution in [1.82, 2.24) is 15.1 Å². The highest BCUT2D eigenvalue weighted by Gasteiger charge is 2.11. The van der Waals surface area contributed by atoms with Gasteiger partial charge in [-0.1, -0.05) is 32.4 Å². The highest BCUT2D eigenvalue weighted by atomic mass is 16.5. The van der Waals surface area contributed by atoms with Crippen LogP contribution in [-0.2, 0) is 11.3 Å². The van der Waals surface area contributed by atoms with Crippen molar-refractivity contribution in [3.05, 3.63) is 29.8 Å². The van der Waals surface area contributed by atoms with Gasteiger partial charge in [0.1, 0.15) is 5.75 Å². The smallest absolute Gasteiger partial charge is 0.221 e. The predicted molar refractivity (Wildman–Crippen MR) is 111 cm³/mol. The van der Waals surface area contributed by atoms with Gasteiger partial charge in [0.25, 0.3) is 0 Å². The highest BCUT2D eigenvalue weighted by molar-refractivity contribution is 5.76. The summed E-state index contributed by atoms with van der Waals surface area (Å²) < 4.78 is 5.81. The molecule has 0 saturated carbocycles. The van der Waals surface area contributed by atoms with E-state index >= 15 is 0 Å². The molecule has 5 heteroatoms. The summed E-state index contributed by atoms with van der Waals surface area (Å²) >= 11 is 0. The van der Waals surface area contributed by atoms with Gasteiger partial charge in [0.05, 0.1) is 6.61 Å². The predicted octanol–water partition coefficient (Wildman–Crippen LogP) is 3.29. The molecule has 1 aliphatic rings. The van der Waals surface area contributed by atoms with Gasteiger partial charge in [-0.15, -0.1) is 0 Å². The first-order valence-corrected chi connectivity index (χ1v) is 10.6. The maximum absolute atomic E-state index is 12.0. The van der Waals surface area contributed by atoms with Crippen LogP contribution >= 0.6 is 0 Å². The minimum atomic E-state index is 0.136. The number of hydrogen-bond acceptors (Lipinski definition) is 4. The Morgan fingerprint density at radius 1 is 1.11 bits per heavy atom. The fourth-order valence-corrected chi connectivity index (χ4v) is 3.45. The second kappa shape index (κ2) is 12.7. The Kier molecular flexibility index (Phi) is 10.2. The summed E-state index contributed by atoms with van der Waals surface area (Å²) in [6, 6.07) is 8.05. The van der Waals surface area contributed by atoms with Crippen LogP contribution in [0.15, 0.2) is 24.3 Å². The van der Waals surface area contributed by atoms with Crippen LogP contribution in [0.25, 0.3) is 0 Å². The largest absolute Gasteiger partial charge is 0.494 e. The van der Waals surface area contributed by atoms with Gasteiger partial charge in [-0.25, -0.2) is 0 Å². The maximum atomic E-state index is 12.0. The number of amides is 1. The molecule has 152 valence electrons. The zero-order chi connectivity index (χ0) is 19.3. The summed E-state index contributed by atoms with van der Waals surface area (Å²) in [5.74, 6) is 1.03. The number of ether oxygens (including phenoxy) is 1. The van der Waals surface area contributed by atoms with E-state index in [1.54, 1.807) is 0 Å². The first kappa shape index (κ1) is 21.7. The second-order valence-electron chi connectivity index (χ2n) is 7.30. The van der Waals surface area contributed by atoms with Crippen molar-refractivity contribution in [1.29, 1.82) is 0 Å². The molecule has 0 radical (unpaired) electrons. The molecular formula is C22H37N3O2. The second-order valence-corrected chi connectivity index (χ2v) is 7.30. The lowest BCUT2D eigenvalue weighted by molar-refractivity contribution is -0.121. The summed E-state index contributed by atoms with van der Waals surface area (Å²) in [6.07, 6.45) is 5.50. The van der Waals surface area contributed by atoms with Crippen molar-refractivity contribution in [2.45, 2.75) is 52.5 Å². The van der Waals surface area contributed by atoms with Crippen molar-refractivity contribution in [3.63, 3.8) is 0 Å². The Hall–Kier alpha value is -1.59. The van der Waals surface area contributed by atoms with Gasteiger partial charge in [-0.2, -0.15) is 0 Å². The molecule has 0 aromatic heterocycles. The molecule has 0 atom stereocenters. The molecule has 0 spiro atoms. The maximum Gasteiger partial charge on any atom is 0.221 e. The summed E-state index contributed by atoms with van der Waals surface area (Å²) in [5, 5.41) is 3.02. The first-order chi connectivity index (χ1) is 13.2. The van der Waals surface area contributed by atoms with Gasteiger partial charge in [0, 0.05) is 26.1 Å². The standard InChI is InChI=1S/C22H37N3O2/c1-3-24(4-2)16-8-18-27-21-11-9-20(10-12-21)19-23-22(26)13-17-25-14-6-5-7-15-25/h9-12H,3-8,13-19H2,1-2H3,(H,23,26). The molecular weight excluding hydrogens is 338 g/mol. The third kappa shape index (κ3) is 8.76. The van der Waals surface area contributed by atoms with Crippen molar-refractivity contribution < 1.29 is 9.53 Å². The number of nitrogens with one attached hydrogen (secondary N) is 1. The van der Waals surface area contributed by atoms with Crippen LogP contribution in [0.1, 0.15) is 51.5 Å². The fourth-order valence-electron chi connectivity index (χ4n) is 3.45. The Labute approximate surface area is 165 Å². The lowest BCUT2D eigenvalue weighted by atomic mass is 10.1. The molecule has 1 heterocycles. The molecule has 1 N–H and O–H groups in total. The van der Waals surface area contributed by atoms with Crippen LogP contribution in [0.3, 0.4) is 0 Å². The number of nitrogens with zero attached hydrogens (tertiary/aromatic N) is 2. The third-order valence-corrected chi connectivity index (χ3v) is 5.30. The summed E-state index contributed by atoms with van der Waals surface area (Å²) in [4.78, 5) is 16.8. The van der Waals surface area contributed by atoms with Crippen molar-refractivity contribution in [2.75, 3.05) is 45.9 Å². The minimum Gasteiger partial charge on any atom is -0.494 e. The van der Waals surface area contributed by atoms with Gasteiger partial charge >= 0.3 is 0 Å². The molecule has 1 amide bonds. The number of rotatable bonds is 12. The molecule has 2 rings (SSSR count). The zero-order valence-electron chi connectivity index (χ0n) is 17.2. The van der Waals surface area contributed by atoms with Gasteiger partial charge in [-0.05, 0) is 63.1 Å². The van der Waals surface area contributed by atoms with Crippen LogP contribution in [-0.4, -0.2) is 61.6 Å². The molecule has 1 aliphatic heterocycles. The van der Waals surface area contributed by atoms with E-state index in [0.717, 1.165) is 63.6 Å². The molecule has 1 aromatic rings. The van der Waals surface area contributed by atoms with Gasteiger partial charge in [0.15, 0.2) is 0 Å². The van der Waals surface area contributed by atoms with E-state index in [1.165, 1.54) is 19.3 Å². The van der Waals surface area contributed by atoms with Crippen molar-refractivity contribution >= 4 is 5.91 Å². The van der Waals surface area contributed by atoms with Gasteiger partial charge < -0.3 is 19.9 Å². The number of likely N-dealkylation sites (tertiary alicyclic amines) is 1. The molecule has 0 unspecified atom stereocenters. The van der Waals surface area contributed by atoms with Crippen LogP contribution < -0.4 is 10.1 Å². The SMILES string of the molecule is CCN(CC)CCCOc1ccc(CNC(=O)CCN2CCCCC2)cc1. The molecule has 1 aromatic carbocycles. The van der Waals surface area contributed by atoms with Crippen molar-refractivity contribution in [2.24, 2.45) is 0 Å². The summed E-state index contributed by atoms with van der Waals surface area (Å²) in [6.45, 7) is 12.1. The quantitative estimate of drug-likeness (QED) is 0.570. The molecule has 0 bridgehead atoms. The lowest BCUT2D eigenvalue weighted by Gasteiger charge is -2.25. The van der Waals surface area contributed by atoms with E-state index in [0.29, 0.717) is 13.0 Å². The number of hydrogen-bond donors (Lipinski definition) is 1. The first-order valence-electron chi connectivity index (χ1n) is 10.6. The third-order valence-electron chi connectivity index (χ3n) is 5.30. The Morgan fingerprint density at radius 3 is 2.48 bits per heavy atom. The topological polar surface area (TPSA) is 44.8 Å². The Balaban J connectivity index is 1.59. The molecule has 0 aliphatic carbocycles. The molecule has 5 nitrogen and oxygen atoms in total. The molecule has 27 heavy (non-hydrogen) atoms. The van der Waals surface area contributed by atoms with E-state index in [4.69, 9.17) is 4.74 Å². The molecule has 1 fully saturated rings. The number of carbonyl (C=O) groups excluding carboxylic acids is 1. The van der Waals surface area contributed by atoms with Gasteiger partial charge in [-0.3, -0.25) is 4.79 Å². The van der Waals surface area contributed by atoms with E-state index in [9.17, 15) is 4.79 Å². The van der Waals surface area contributed by atoms with E-state index in [-0.39, 0.29) is 5.91 Å². The highest BCUT2D eigenvalue weighted by Crippen LogP contribution is 2.13.